The predicted molar refractivity (Wildman–Crippen MR) is 215 cm³/mol. The maximum Gasteiger partial charge on any atom is 0.261 e. The molecule has 0 bridgehead atoms. The number of halogens is 1. The lowest BCUT2D eigenvalue weighted by Crippen LogP contribution is -3.00. The first kappa shape index (κ1) is 37.6. The van der Waals surface area contributed by atoms with Crippen LogP contribution in [0, 0.1) is 0 Å². The molecule has 1 unspecified atom stereocenters. The van der Waals surface area contributed by atoms with Crippen LogP contribution in [0.5, 0.6) is 0 Å². The molecule has 0 radical (unpaired) electrons. The largest absolute Gasteiger partial charge is 1.00 e. The second-order valence-corrected chi connectivity index (χ2v) is 21.6. The van der Waals surface area contributed by atoms with Crippen molar-refractivity contribution in [1.29, 1.82) is 0 Å². The molecule has 0 spiro atoms. The van der Waals surface area contributed by atoms with Gasteiger partial charge in [-0.15, -0.1) is 0 Å². The van der Waals surface area contributed by atoms with E-state index in [9.17, 15) is 0 Å². The van der Waals surface area contributed by atoms with E-state index in [1.807, 2.05) is 12.3 Å². The van der Waals surface area contributed by atoms with E-state index in [-0.39, 0.29) is 35.1 Å². The van der Waals surface area contributed by atoms with Gasteiger partial charge in [0, 0.05) is 12.6 Å². The molecule has 0 amide bonds. The molecule has 0 fully saturated rings. The predicted octanol–water partition coefficient (Wildman–Crippen LogP) is 5.82. The molecule has 6 aromatic rings. The Kier molecular flexibility index (Phi) is 12.8. The molecule has 0 aliphatic rings. The summed E-state index contributed by atoms with van der Waals surface area (Å²) in [6.45, 7) is 9.33. The molecule has 0 aliphatic carbocycles. The van der Waals surface area contributed by atoms with Gasteiger partial charge in [0.15, 0.2) is 0 Å². The highest BCUT2D eigenvalue weighted by atomic mass is 127. The number of rotatable bonds is 12. The third-order valence-corrected chi connectivity index (χ3v) is 19.1. The first-order valence-electron chi connectivity index (χ1n) is 17.3. The Morgan fingerprint density at radius 1 is 0.620 bits per heavy atom. The van der Waals surface area contributed by atoms with Crippen LogP contribution in [0.4, 0.5) is 0 Å². The van der Waals surface area contributed by atoms with E-state index in [1.165, 1.54) is 31.9 Å². The zero-order valence-electron chi connectivity index (χ0n) is 29.5. The number of aromatic nitrogens is 1. The van der Waals surface area contributed by atoms with Crippen molar-refractivity contribution in [2.75, 3.05) is 6.16 Å². The van der Waals surface area contributed by atoms with Crippen LogP contribution in [-0.2, 0) is 4.43 Å². The molecule has 1 heterocycles. The lowest BCUT2D eigenvalue weighted by molar-refractivity contribution is -0.0000107. The van der Waals surface area contributed by atoms with Gasteiger partial charge in [-0.25, -0.2) is 0 Å². The summed E-state index contributed by atoms with van der Waals surface area (Å²) in [7, 11) is -4.96. The molecular formula is C45H47INOPSi. The van der Waals surface area contributed by atoms with Crippen LogP contribution in [0.3, 0.4) is 0 Å². The van der Waals surface area contributed by atoms with E-state index < -0.39 is 15.6 Å². The Morgan fingerprint density at radius 2 is 1.02 bits per heavy atom. The van der Waals surface area contributed by atoms with Crippen LogP contribution in [0.2, 0.25) is 5.04 Å². The Morgan fingerprint density at radius 3 is 1.40 bits per heavy atom. The fourth-order valence-corrected chi connectivity index (χ4v) is 16.3. The van der Waals surface area contributed by atoms with Gasteiger partial charge >= 0.3 is 0 Å². The number of hydrogen-bond acceptors (Lipinski definition) is 2. The second-order valence-electron chi connectivity index (χ2n) is 13.7. The molecule has 5 heteroatoms. The number of pyridine rings is 1. The zero-order valence-corrected chi connectivity index (χ0v) is 33.5. The summed E-state index contributed by atoms with van der Waals surface area (Å²) in [5.74, 6) is 0. The van der Waals surface area contributed by atoms with Crippen LogP contribution < -0.4 is 50.3 Å². The topological polar surface area (TPSA) is 22.1 Å². The molecule has 0 saturated heterocycles. The lowest BCUT2D eigenvalue weighted by Gasteiger charge is -2.45. The van der Waals surface area contributed by atoms with E-state index in [0.29, 0.717) is 0 Å². The SMILES string of the molecule is C/C(=C\c1ccccn1)C(CC[P+](c1ccccc1)(c1ccccc1)c1ccccc1)O[Si](c1ccccc1)(c1ccccc1)C(C)(C)C.[I-]. The van der Waals surface area contributed by atoms with Gasteiger partial charge in [0.25, 0.3) is 8.32 Å². The molecule has 50 heavy (non-hydrogen) atoms. The van der Waals surface area contributed by atoms with Crippen molar-refractivity contribution < 1.29 is 28.4 Å². The highest BCUT2D eigenvalue weighted by Gasteiger charge is 2.52. The summed E-state index contributed by atoms with van der Waals surface area (Å²) >= 11 is 0. The summed E-state index contributed by atoms with van der Waals surface area (Å²) in [4.78, 5) is 4.70. The summed E-state index contributed by atoms with van der Waals surface area (Å²) in [6, 6.07) is 61.7. The number of benzene rings is 5. The fourth-order valence-electron chi connectivity index (χ4n) is 7.26. The summed E-state index contributed by atoms with van der Waals surface area (Å²) < 4.78 is 7.97. The summed E-state index contributed by atoms with van der Waals surface area (Å²) in [5.41, 5.74) is 2.14. The quantitative estimate of drug-likeness (QED) is 0.0886. The third kappa shape index (κ3) is 7.95. The van der Waals surface area contributed by atoms with Crippen molar-refractivity contribution in [3.05, 3.63) is 187 Å². The van der Waals surface area contributed by atoms with Gasteiger partial charge in [-0.1, -0.05) is 142 Å². The van der Waals surface area contributed by atoms with Gasteiger partial charge in [-0.05, 0) is 82.5 Å². The van der Waals surface area contributed by atoms with Crippen molar-refractivity contribution >= 4 is 47.9 Å². The lowest BCUT2D eigenvalue weighted by atomic mass is 10.1. The fraction of sp³-hybridized carbons (Fsp3) is 0.178. The van der Waals surface area contributed by atoms with E-state index in [1.54, 1.807) is 0 Å². The van der Waals surface area contributed by atoms with Crippen LogP contribution >= 0.6 is 7.26 Å². The van der Waals surface area contributed by atoms with Gasteiger partial charge in [0.05, 0.1) is 18.0 Å². The average Bonchev–Trinajstić information content (AvgIpc) is 3.15. The highest BCUT2D eigenvalue weighted by Crippen LogP contribution is 2.56. The van der Waals surface area contributed by atoms with Crippen LogP contribution in [-0.4, -0.2) is 25.6 Å². The number of nitrogens with zero attached hydrogens (tertiary/aromatic N) is 1. The minimum Gasteiger partial charge on any atom is -1.00 e. The van der Waals surface area contributed by atoms with E-state index >= 15 is 0 Å². The monoisotopic (exact) mass is 803 g/mol. The van der Waals surface area contributed by atoms with E-state index in [0.717, 1.165) is 18.3 Å². The molecule has 254 valence electrons. The molecule has 1 atom stereocenters. The summed E-state index contributed by atoms with van der Waals surface area (Å²) in [5, 5.41) is 6.61. The van der Waals surface area contributed by atoms with Crippen LogP contribution in [0.1, 0.15) is 39.8 Å². The van der Waals surface area contributed by atoms with E-state index in [2.05, 4.69) is 198 Å². The normalized spacial score (nSPS) is 12.9. The smallest absolute Gasteiger partial charge is 0.261 e. The maximum absolute atomic E-state index is 7.97. The molecule has 0 aliphatic heterocycles. The minimum atomic E-state index is -2.88. The van der Waals surface area contributed by atoms with Crippen molar-refractivity contribution in [1.82, 2.24) is 4.98 Å². The first-order valence-corrected chi connectivity index (χ1v) is 21.2. The van der Waals surface area contributed by atoms with Gasteiger partial charge in [-0.3, -0.25) is 4.98 Å². The van der Waals surface area contributed by atoms with Crippen LogP contribution in [0.25, 0.3) is 6.08 Å². The standard InChI is InChI=1S/C45H47NOPSi.HI/c1-37(36-38-22-20-21-34-46-38)44(47-49(45(2,3)4,42-29-16-8-17-30-42)43-31-18-9-19-32-43)33-35-48(39-23-10-5-11-24-39,40-25-12-6-13-26-40)41-27-14-7-15-28-41;/h5-32,34,36,44H,33,35H2,1-4H3;1H/q+1;/p-1/b37-36+;. The molecule has 2 nitrogen and oxygen atoms in total. The molecule has 0 saturated carbocycles. The maximum atomic E-state index is 7.97. The molecule has 1 aromatic heterocycles. The molecule has 5 aromatic carbocycles. The number of hydrogen-bond donors (Lipinski definition) is 0. The van der Waals surface area contributed by atoms with Gasteiger partial charge in [-0.2, -0.15) is 0 Å². The first-order chi connectivity index (χ1) is 23.8. The Hall–Kier alpha value is -3.67. The van der Waals surface area contributed by atoms with Gasteiger partial charge < -0.3 is 28.4 Å². The molecular weight excluding hydrogens is 756 g/mol. The Labute approximate surface area is 318 Å². The van der Waals surface area contributed by atoms with Crippen molar-refractivity contribution in [3.63, 3.8) is 0 Å². The molecule has 0 N–H and O–H groups in total. The van der Waals surface area contributed by atoms with Gasteiger partial charge in [0.1, 0.15) is 23.2 Å². The molecule has 6 rings (SSSR count). The van der Waals surface area contributed by atoms with Crippen LogP contribution in [0.15, 0.2) is 182 Å². The summed E-state index contributed by atoms with van der Waals surface area (Å²) in [6.07, 6.45) is 5.76. The Bertz CT molecular complexity index is 1780. The second kappa shape index (κ2) is 17.0. The third-order valence-electron chi connectivity index (χ3n) is 9.62. The highest BCUT2D eigenvalue weighted by molar-refractivity contribution is 7.95. The van der Waals surface area contributed by atoms with Crippen molar-refractivity contribution in [3.8, 4) is 0 Å². The van der Waals surface area contributed by atoms with Crippen molar-refractivity contribution in [2.24, 2.45) is 0 Å². The Balaban J connectivity index is 0.00000486. The van der Waals surface area contributed by atoms with E-state index in [4.69, 9.17) is 9.41 Å². The minimum absolute atomic E-state index is 0. The van der Waals surface area contributed by atoms with Gasteiger partial charge in [0.2, 0.25) is 0 Å². The van der Waals surface area contributed by atoms with Crippen molar-refractivity contribution in [2.45, 2.75) is 45.3 Å². The zero-order chi connectivity index (χ0) is 34.2. The average molecular weight is 804 g/mol.